The van der Waals surface area contributed by atoms with Crippen LogP contribution in [0.15, 0.2) is 24.3 Å². The fourth-order valence-corrected chi connectivity index (χ4v) is 1.75. The lowest BCUT2D eigenvalue weighted by molar-refractivity contribution is -0.149. The smallest absolute Gasteiger partial charge is 0.344 e. The highest BCUT2D eigenvalue weighted by molar-refractivity contribution is 5.71. The molecule has 0 aliphatic carbocycles. The van der Waals surface area contributed by atoms with Crippen LogP contribution in [0.4, 0.5) is 5.69 Å². The molecule has 1 aliphatic heterocycles. The second-order valence-electron chi connectivity index (χ2n) is 4.18. The monoisotopic (exact) mass is 251 g/mol. The zero-order valence-corrected chi connectivity index (χ0v) is 10.1. The van der Waals surface area contributed by atoms with E-state index in [0.29, 0.717) is 18.0 Å². The zero-order valence-electron chi connectivity index (χ0n) is 10.1. The van der Waals surface area contributed by atoms with Crippen molar-refractivity contribution in [1.29, 1.82) is 0 Å². The van der Waals surface area contributed by atoms with Crippen molar-refractivity contribution in [2.75, 3.05) is 25.6 Å². The van der Waals surface area contributed by atoms with Gasteiger partial charge < -0.3 is 19.9 Å². The Kier molecular flexibility index (Phi) is 4.41. The quantitative estimate of drug-likeness (QED) is 0.632. The molecule has 0 saturated carbocycles. The van der Waals surface area contributed by atoms with Crippen LogP contribution in [0.1, 0.15) is 12.8 Å². The van der Waals surface area contributed by atoms with E-state index < -0.39 is 5.97 Å². The molecule has 1 aromatic carbocycles. The molecule has 1 fully saturated rings. The van der Waals surface area contributed by atoms with E-state index in [9.17, 15) is 4.79 Å². The molecule has 18 heavy (non-hydrogen) atoms. The Hall–Kier alpha value is -1.75. The molecule has 0 amide bonds. The van der Waals surface area contributed by atoms with Crippen molar-refractivity contribution in [2.45, 2.75) is 18.9 Å². The van der Waals surface area contributed by atoms with Crippen LogP contribution in [0.5, 0.6) is 5.75 Å². The fraction of sp³-hybridized carbons (Fsp3) is 0.462. The maximum atomic E-state index is 11.4. The van der Waals surface area contributed by atoms with Crippen LogP contribution < -0.4 is 10.5 Å². The van der Waals surface area contributed by atoms with Crippen LogP contribution in [0.3, 0.4) is 0 Å². The molecule has 0 bridgehead atoms. The van der Waals surface area contributed by atoms with Gasteiger partial charge in [0, 0.05) is 18.4 Å². The molecule has 2 rings (SSSR count). The first-order valence-electron chi connectivity index (χ1n) is 5.99. The predicted molar refractivity (Wildman–Crippen MR) is 66.3 cm³/mol. The molecular weight excluding hydrogens is 234 g/mol. The highest BCUT2D eigenvalue weighted by Gasteiger charge is 2.17. The van der Waals surface area contributed by atoms with E-state index in [2.05, 4.69) is 0 Å². The van der Waals surface area contributed by atoms with Gasteiger partial charge in [0.15, 0.2) is 6.61 Å². The number of carbonyl (C=O) groups excluding carboxylic acids is 1. The Labute approximate surface area is 106 Å². The van der Waals surface area contributed by atoms with Crippen LogP contribution in [0.2, 0.25) is 0 Å². The number of nitrogens with two attached hydrogens (primary N) is 1. The van der Waals surface area contributed by atoms with E-state index in [1.807, 2.05) is 0 Å². The summed E-state index contributed by atoms with van der Waals surface area (Å²) in [5.41, 5.74) is 6.19. The SMILES string of the molecule is Nc1cccc(OCC(=O)OCC2CCCO2)c1. The number of hydrogen-bond donors (Lipinski definition) is 1. The van der Waals surface area contributed by atoms with Gasteiger partial charge in [-0.3, -0.25) is 0 Å². The summed E-state index contributed by atoms with van der Waals surface area (Å²) in [4.78, 5) is 11.4. The van der Waals surface area contributed by atoms with Crippen molar-refractivity contribution < 1.29 is 19.0 Å². The lowest BCUT2D eigenvalue weighted by Gasteiger charge is -2.10. The first kappa shape index (κ1) is 12.7. The molecule has 1 saturated heterocycles. The second-order valence-corrected chi connectivity index (χ2v) is 4.18. The number of ether oxygens (including phenoxy) is 3. The Morgan fingerprint density at radius 2 is 2.39 bits per heavy atom. The van der Waals surface area contributed by atoms with Crippen LogP contribution in [0.25, 0.3) is 0 Å². The molecule has 0 aromatic heterocycles. The maximum Gasteiger partial charge on any atom is 0.344 e. The average molecular weight is 251 g/mol. The summed E-state index contributed by atoms with van der Waals surface area (Å²) in [7, 11) is 0. The van der Waals surface area contributed by atoms with Crippen LogP contribution in [-0.2, 0) is 14.3 Å². The number of anilines is 1. The molecular formula is C13H17NO4. The number of rotatable bonds is 5. The summed E-state index contributed by atoms with van der Waals surface area (Å²) in [6.45, 7) is 0.942. The minimum absolute atomic E-state index is 0.0429. The molecule has 1 aliphatic rings. The summed E-state index contributed by atoms with van der Waals surface area (Å²) < 4.78 is 15.7. The lowest BCUT2D eigenvalue weighted by Crippen LogP contribution is -2.21. The van der Waals surface area contributed by atoms with E-state index in [-0.39, 0.29) is 12.7 Å². The predicted octanol–water partition coefficient (Wildman–Crippen LogP) is 1.37. The zero-order chi connectivity index (χ0) is 12.8. The number of nitrogen functional groups attached to an aromatic ring is 1. The molecule has 5 nitrogen and oxygen atoms in total. The summed E-state index contributed by atoms with van der Waals surface area (Å²) in [5.74, 6) is 0.164. The largest absolute Gasteiger partial charge is 0.482 e. The van der Waals surface area contributed by atoms with Crippen LogP contribution in [0, 0.1) is 0 Å². The highest BCUT2D eigenvalue weighted by Crippen LogP contribution is 2.15. The summed E-state index contributed by atoms with van der Waals surface area (Å²) in [6.07, 6.45) is 2.02. The molecule has 98 valence electrons. The third-order valence-electron chi connectivity index (χ3n) is 2.67. The number of benzene rings is 1. The van der Waals surface area contributed by atoms with Crippen molar-refractivity contribution in [2.24, 2.45) is 0 Å². The molecule has 1 atom stereocenters. The summed E-state index contributed by atoms with van der Waals surface area (Å²) in [6, 6.07) is 6.92. The first-order chi connectivity index (χ1) is 8.74. The van der Waals surface area contributed by atoms with Gasteiger partial charge in [0.1, 0.15) is 12.4 Å². The highest BCUT2D eigenvalue weighted by atomic mass is 16.6. The van der Waals surface area contributed by atoms with Crippen molar-refractivity contribution in [1.82, 2.24) is 0 Å². The van der Waals surface area contributed by atoms with Crippen molar-refractivity contribution >= 4 is 11.7 Å². The van der Waals surface area contributed by atoms with Gasteiger partial charge in [-0.2, -0.15) is 0 Å². The topological polar surface area (TPSA) is 70.8 Å². The molecule has 0 radical (unpaired) electrons. The Bertz CT molecular complexity index is 402. The van der Waals surface area contributed by atoms with Crippen LogP contribution in [-0.4, -0.2) is 31.9 Å². The maximum absolute atomic E-state index is 11.4. The van der Waals surface area contributed by atoms with Gasteiger partial charge in [0.05, 0.1) is 6.10 Å². The lowest BCUT2D eigenvalue weighted by atomic mass is 10.2. The average Bonchev–Trinajstić information content (AvgIpc) is 2.87. The Balaban J connectivity index is 1.68. The Morgan fingerprint density at radius 3 is 3.11 bits per heavy atom. The van der Waals surface area contributed by atoms with E-state index in [1.54, 1.807) is 24.3 Å². The number of carbonyl (C=O) groups is 1. The van der Waals surface area contributed by atoms with Gasteiger partial charge in [0.2, 0.25) is 0 Å². The minimum atomic E-state index is -0.395. The molecule has 5 heteroatoms. The number of hydrogen-bond acceptors (Lipinski definition) is 5. The van der Waals surface area contributed by atoms with Crippen LogP contribution >= 0.6 is 0 Å². The van der Waals surface area contributed by atoms with Gasteiger partial charge in [0.25, 0.3) is 0 Å². The third-order valence-corrected chi connectivity index (χ3v) is 2.67. The van der Waals surface area contributed by atoms with Gasteiger partial charge in [-0.15, -0.1) is 0 Å². The van der Waals surface area contributed by atoms with Gasteiger partial charge in [-0.05, 0) is 25.0 Å². The van der Waals surface area contributed by atoms with E-state index in [0.717, 1.165) is 19.4 Å². The summed E-state index contributed by atoms with van der Waals surface area (Å²) in [5, 5.41) is 0. The molecule has 1 aromatic rings. The van der Waals surface area contributed by atoms with Gasteiger partial charge >= 0.3 is 5.97 Å². The molecule has 1 unspecified atom stereocenters. The third kappa shape index (κ3) is 3.92. The fourth-order valence-electron chi connectivity index (χ4n) is 1.75. The van der Waals surface area contributed by atoms with Crippen molar-refractivity contribution in [3.05, 3.63) is 24.3 Å². The van der Waals surface area contributed by atoms with E-state index in [1.165, 1.54) is 0 Å². The van der Waals surface area contributed by atoms with Gasteiger partial charge in [-0.25, -0.2) is 4.79 Å². The van der Waals surface area contributed by atoms with E-state index in [4.69, 9.17) is 19.9 Å². The minimum Gasteiger partial charge on any atom is -0.482 e. The second kappa shape index (κ2) is 6.26. The summed E-state index contributed by atoms with van der Waals surface area (Å²) >= 11 is 0. The number of esters is 1. The molecule has 1 heterocycles. The van der Waals surface area contributed by atoms with Crippen molar-refractivity contribution in [3.8, 4) is 5.75 Å². The van der Waals surface area contributed by atoms with Crippen molar-refractivity contribution in [3.63, 3.8) is 0 Å². The molecule has 2 N–H and O–H groups in total. The first-order valence-corrected chi connectivity index (χ1v) is 5.99. The van der Waals surface area contributed by atoms with E-state index >= 15 is 0 Å². The van der Waals surface area contributed by atoms with Gasteiger partial charge in [-0.1, -0.05) is 6.07 Å². The molecule has 0 spiro atoms. The normalized spacial score (nSPS) is 18.6. The standard InChI is InChI=1S/C13H17NO4/c14-10-3-1-4-11(7-10)17-9-13(15)18-8-12-5-2-6-16-12/h1,3-4,7,12H,2,5-6,8-9,14H2. The Morgan fingerprint density at radius 1 is 1.50 bits per heavy atom.